The van der Waals surface area contributed by atoms with Gasteiger partial charge in [0, 0.05) is 5.92 Å². The molecule has 0 aliphatic carbocycles. The highest BCUT2D eigenvalue weighted by Crippen LogP contribution is 2.28. The van der Waals surface area contributed by atoms with Crippen LogP contribution in [0, 0.1) is 33.2 Å². The summed E-state index contributed by atoms with van der Waals surface area (Å²) >= 11 is 5.20. The predicted molar refractivity (Wildman–Crippen MR) is 72.9 cm³/mol. The molecule has 0 aromatic carbocycles. The summed E-state index contributed by atoms with van der Waals surface area (Å²) in [6.07, 6.45) is 0.584. The average molecular weight is 274 g/mol. The van der Waals surface area contributed by atoms with Crippen LogP contribution in [0.4, 0.5) is 5.82 Å². The Balaban J connectivity index is 2.63. The number of nitrogens with one attached hydrogen (secondary N) is 1. The molecule has 0 bridgehead atoms. The van der Waals surface area contributed by atoms with Crippen LogP contribution in [0.1, 0.15) is 30.5 Å². The van der Waals surface area contributed by atoms with E-state index in [0.717, 1.165) is 0 Å². The first kappa shape index (κ1) is 13.5. The molecule has 0 amide bonds. The second-order valence-electron chi connectivity index (χ2n) is 4.57. The number of nitriles is 2. The molecule has 1 aromatic rings. The van der Waals surface area contributed by atoms with Gasteiger partial charge in [0.05, 0.1) is 24.3 Å². The lowest BCUT2D eigenvalue weighted by Gasteiger charge is -2.19. The Hall–Kier alpha value is -1.89. The number of pyridine rings is 1. The second-order valence-corrected chi connectivity index (χ2v) is 4.98. The molecule has 1 atom stereocenters. The fourth-order valence-electron chi connectivity index (χ4n) is 2.18. The minimum absolute atomic E-state index is 0.358. The minimum Gasteiger partial charge on any atom is -0.329 e. The number of aromatic amines is 1. The summed E-state index contributed by atoms with van der Waals surface area (Å²) in [7, 11) is 0. The van der Waals surface area contributed by atoms with Crippen molar-refractivity contribution in [2.75, 3.05) is 18.2 Å². The van der Waals surface area contributed by atoms with E-state index in [0.29, 0.717) is 52.6 Å². The van der Waals surface area contributed by atoms with E-state index in [1.165, 1.54) is 0 Å². The molecule has 0 radical (unpaired) electrons. The quantitative estimate of drug-likeness (QED) is 0.838. The number of nitrogens with zero attached hydrogens (tertiary/aromatic N) is 3. The lowest BCUT2D eigenvalue weighted by molar-refractivity contribution is 0.158. The van der Waals surface area contributed by atoms with Crippen LogP contribution in [0.3, 0.4) is 0 Å². The molecule has 0 saturated carbocycles. The summed E-state index contributed by atoms with van der Waals surface area (Å²) in [5.74, 6) is 0.960. The van der Waals surface area contributed by atoms with E-state index in [4.69, 9.17) is 22.3 Å². The van der Waals surface area contributed by atoms with Crippen molar-refractivity contribution < 1.29 is 4.84 Å². The molecule has 0 spiro atoms. The lowest BCUT2D eigenvalue weighted by Crippen LogP contribution is -2.21. The van der Waals surface area contributed by atoms with E-state index < -0.39 is 0 Å². The number of hydrogen-bond acceptors (Lipinski definition) is 5. The number of anilines is 1. The van der Waals surface area contributed by atoms with Crippen molar-refractivity contribution in [3.05, 3.63) is 21.3 Å². The number of rotatable bonds is 2. The van der Waals surface area contributed by atoms with Crippen molar-refractivity contribution >= 4 is 18.0 Å². The van der Waals surface area contributed by atoms with Crippen molar-refractivity contribution in [1.29, 1.82) is 10.5 Å². The van der Waals surface area contributed by atoms with Gasteiger partial charge in [0.15, 0.2) is 0 Å². The fourth-order valence-corrected chi connectivity index (χ4v) is 2.44. The van der Waals surface area contributed by atoms with Gasteiger partial charge in [-0.2, -0.15) is 10.5 Å². The van der Waals surface area contributed by atoms with Gasteiger partial charge in [0.1, 0.15) is 22.6 Å². The van der Waals surface area contributed by atoms with Gasteiger partial charge in [-0.05, 0) is 12.0 Å². The molecule has 1 fully saturated rings. The SMILES string of the molecule is CCc1c(C#N)c(N2CC(C)CO2)[nH]c(=S)c1C#N. The fraction of sp³-hybridized carbons (Fsp3) is 0.462. The van der Waals surface area contributed by atoms with E-state index in [-0.39, 0.29) is 0 Å². The Labute approximate surface area is 117 Å². The maximum Gasteiger partial charge on any atom is 0.149 e. The number of hydroxylamine groups is 1. The van der Waals surface area contributed by atoms with Crippen LogP contribution in [0.25, 0.3) is 0 Å². The Morgan fingerprint density at radius 2 is 2.11 bits per heavy atom. The largest absolute Gasteiger partial charge is 0.329 e. The molecular formula is C13H14N4OS. The van der Waals surface area contributed by atoms with Crippen LogP contribution >= 0.6 is 12.2 Å². The van der Waals surface area contributed by atoms with Crippen molar-refractivity contribution in [2.24, 2.45) is 5.92 Å². The molecule has 2 heterocycles. The molecule has 6 heteroatoms. The Morgan fingerprint density at radius 3 is 2.58 bits per heavy atom. The minimum atomic E-state index is 0.358. The maximum absolute atomic E-state index is 9.37. The molecular weight excluding hydrogens is 260 g/mol. The Morgan fingerprint density at radius 1 is 1.42 bits per heavy atom. The van der Waals surface area contributed by atoms with Crippen LogP contribution in [0.5, 0.6) is 0 Å². The third-order valence-corrected chi connectivity index (χ3v) is 3.42. The molecule has 98 valence electrons. The standard InChI is InChI=1S/C13H14N4OS/c1-3-9-10(4-14)12(16-13(19)11(9)5-15)17-6-8(2)7-18-17/h8H,3,6-7H2,1-2H3,(H,16,19). The number of hydrogen-bond donors (Lipinski definition) is 1. The van der Waals surface area contributed by atoms with E-state index in [1.54, 1.807) is 5.06 Å². The van der Waals surface area contributed by atoms with Gasteiger partial charge >= 0.3 is 0 Å². The van der Waals surface area contributed by atoms with Gasteiger partial charge in [0.25, 0.3) is 0 Å². The van der Waals surface area contributed by atoms with Gasteiger partial charge in [-0.3, -0.25) is 4.84 Å². The van der Waals surface area contributed by atoms with E-state index in [9.17, 15) is 5.26 Å². The predicted octanol–water partition coefficient (Wildman–Crippen LogP) is 2.44. The lowest BCUT2D eigenvalue weighted by atomic mass is 10.0. The van der Waals surface area contributed by atoms with Gasteiger partial charge in [0.2, 0.25) is 0 Å². The molecule has 1 aliphatic rings. The zero-order chi connectivity index (χ0) is 14.0. The molecule has 1 aromatic heterocycles. The van der Waals surface area contributed by atoms with Crippen LogP contribution in [-0.2, 0) is 11.3 Å². The summed E-state index contributed by atoms with van der Waals surface area (Å²) < 4.78 is 0.358. The Bertz CT molecular complexity index is 638. The van der Waals surface area contributed by atoms with Crippen LogP contribution in [-0.4, -0.2) is 18.1 Å². The van der Waals surface area contributed by atoms with Crippen LogP contribution < -0.4 is 5.06 Å². The van der Waals surface area contributed by atoms with Gasteiger partial charge in [-0.1, -0.05) is 26.1 Å². The van der Waals surface area contributed by atoms with Crippen molar-refractivity contribution in [2.45, 2.75) is 20.3 Å². The molecule has 1 unspecified atom stereocenters. The first-order valence-electron chi connectivity index (χ1n) is 6.12. The van der Waals surface area contributed by atoms with E-state index in [2.05, 4.69) is 24.0 Å². The van der Waals surface area contributed by atoms with E-state index in [1.807, 2.05) is 6.92 Å². The first-order chi connectivity index (χ1) is 9.12. The van der Waals surface area contributed by atoms with Crippen LogP contribution in [0.2, 0.25) is 0 Å². The van der Waals surface area contributed by atoms with Crippen LogP contribution in [0.15, 0.2) is 0 Å². The van der Waals surface area contributed by atoms with Gasteiger partial charge in [-0.15, -0.1) is 0 Å². The summed E-state index contributed by atoms with van der Waals surface area (Å²) in [5, 5.41) is 20.2. The normalized spacial score (nSPS) is 18.1. The summed E-state index contributed by atoms with van der Waals surface area (Å²) in [4.78, 5) is 8.50. The molecule has 2 rings (SSSR count). The molecule has 1 N–H and O–H groups in total. The molecule has 5 nitrogen and oxygen atoms in total. The van der Waals surface area contributed by atoms with E-state index >= 15 is 0 Å². The molecule has 19 heavy (non-hydrogen) atoms. The number of aromatic nitrogens is 1. The van der Waals surface area contributed by atoms with Crippen molar-refractivity contribution in [3.8, 4) is 12.1 Å². The maximum atomic E-state index is 9.37. The molecule has 1 saturated heterocycles. The summed E-state index contributed by atoms with van der Waals surface area (Å²) in [6.45, 7) is 5.30. The monoisotopic (exact) mass is 274 g/mol. The highest BCUT2D eigenvalue weighted by molar-refractivity contribution is 7.71. The number of H-pyrrole nitrogens is 1. The first-order valence-corrected chi connectivity index (χ1v) is 6.53. The highest BCUT2D eigenvalue weighted by Gasteiger charge is 2.25. The molecule has 1 aliphatic heterocycles. The van der Waals surface area contributed by atoms with Gasteiger partial charge < -0.3 is 4.98 Å². The third kappa shape index (κ3) is 2.33. The van der Waals surface area contributed by atoms with Crippen molar-refractivity contribution in [1.82, 2.24) is 4.98 Å². The third-order valence-electron chi connectivity index (χ3n) is 3.12. The highest BCUT2D eigenvalue weighted by atomic mass is 32.1. The smallest absolute Gasteiger partial charge is 0.149 e. The summed E-state index contributed by atoms with van der Waals surface area (Å²) in [6, 6.07) is 4.23. The Kier molecular flexibility index (Phi) is 3.84. The van der Waals surface area contributed by atoms with Crippen molar-refractivity contribution in [3.63, 3.8) is 0 Å². The average Bonchev–Trinajstić information content (AvgIpc) is 2.83. The summed E-state index contributed by atoms with van der Waals surface area (Å²) in [5.41, 5.74) is 1.51. The topological polar surface area (TPSA) is 75.8 Å². The zero-order valence-corrected chi connectivity index (χ0v) is 11.7. The second kappa shape index (κ2) is 5.40. The zero-order valence-electron chi connectivity index (χ0n) is 10.9. The van der Waals surface area contributed by atoms with Gasteiger partial charge in [-0.25, -0.2) is 5.06 Å².